The first-order chi connectivity index (χ1) is 15.7. The lowest BCUT2D eigenvalue weighted by Crippen LogP contribution is -2.47. The van der Waals surface area contributed by atoms with Crippen LogP contribution in [0.1, 0.15) is 41.5 Å². The molecule has 9 heteroatoms. The molecule has 0 unspecified atom stereocenters. The minimum atomic E-state index is -0.771. The summed E-state index contributed by atoms with van der Waals surface area (Å²) >= 11 is 0. The van der Waals surface area contributed by atoms with Gasteiger partial charge in [0.1, 0.15) is 18.3 Å². The lowest BCUT2D eigenvalue weighted by molar-refractivity contribution is -0.139. The molecular formula is C24H29N3O6. The van der Waals surface area contributed by atoms with Gasteiger partial charge in [-0.1, -0.05) is 13.8 Å². The monoisotopic (exact) mass is 455 g/mol. The van der Waals surface area contributed by atoms with Crippen molar-refractivity contribution in [3.8, 4) is 5.75 Å². The fourth-order valence-electron chi connectivity index (χ4n) is 2.88. The van der Waals surface area contributed by atoms with Crippen molar-refractivity contribution in [2.75, 3.05) is 25.6 Å². The van der Waals surface area contributed by atoms with E-state index in [9.17, 15) is 19.2 Å². The topological polar surface area (TPSA) is 123 Å². The van der Waals surface area contributed by atoms with E-state index in [-0.39, 0.29) is 24.3 Å². The van der Waals surface area contributed by atoms with Crippen LogP contribution >= 0.6 is 0 Å². The maximum absolute atomic E-state index is 12.8. The Balaban J connectivity index is 1.99. The Bertz CT molecular complexity index is 971. The van der Waals surface area contributed by atoms with Gasteiger partial charge in [0.05, 0.1) is 13.7 Å². The molecule has 0 radical (unpaired) electrons. The van der Waals surface area contributed by atoms with Crippen molar-refractivity contribution in [1.29, 1.82) is 0 Å². The first-order valence-corrected chi connectivity index (χ1v) is 10.5. The Kier molecular flexibility index (Phi) is 9.41. The molecule has 2 aromatic carbocycles. The van der Waals surface area contributed by atoms with Gasteiger partial charge in [-0.3, -0.25) is 19.2 Å². The van der Waals surface area contributed by atoms with Crippen LogP contribution in [0.25, 0.3) is 0 Å². The third-order valence-corrected chi connectivity index (χ3v) is 4.70. The van der Waals surface area contributed by atoms with E-state index < -0.39 is 17.9 Å². The molecule has 33 heavy (non-hydrogen) atoms. The smallest absolute Gasteiger partial charge is 0.325 e. The highest BCUT2D eigenvalue weighted by atomic mass is 16.5. The van der Waals surface area contributed by atoms with E-state index in [1.807, 2.05) is 20.8 Å². The first kappa shape index (κ1) is 25.4. The van der Waals surface area contributed by atoms with Gasteiger partial charge < -0.3 is 25.4 Å². The van der Waals surface area contributed by atoms with E-state index in [1.165, 1.54) is 19.2 Å². The Morgan fingerprint density at radius 1 is 0.879 bits per heavy atom. The number of carbonyl (C=O) groups is 4. The average Bonchev–Trinajstić information content (AvgIpc) is 2.81. The van der Waals surface area contributed by atoms with Crippen LogP contribution in [0.2, 0.25) is 0 Å². The molecule has 0 aliphatic rings. The molecule has 1 atom stereocenters. The van der Waals surface area contributed by atoms with Gasteiger partial charge in [0.2, 0.25) is 5.91 Å². The van der Waals surface area contributed by atoms with Gasteiger partial charge in [-0.05, 0) is 61.4 Å². The number of esters is 1. The van der Waals surface area contributed by atoms with Crippen LogP contribution in [0.15, 0.2) is 48.5 Å². The van der Waals surface area contributed by atoms with Gasteiger partial charge in [-0.15, -0.1) is 0 Å². The number of hydrogen-bond acceptors (Lipinski definition) is 6. The molecule has 3 amide bonds. The minimum absolute atomic E-state index is 0.167. The first-order valence-electron chi connectivity index (χ1n) is 10.5. The van der Waals surface area contributed by atoms with Gasteiger partial charge in [-0.2, -0.15) is 0 Å². The highest BCUT2D eigenvalue weighted by Gasteiger charge is 2.25. The van der Waals surface area contributed by atoms with Gasteiger partial charge in [0, 0.05) is 16.8 Å². The summed E-state index contributed by atoms with van der Waals surface area (Å²) in [6, 6.07) is 12.1. The molecule has 2 rings (SSSR count). The second-order valence-electron chi connectivity index (χ2n) is 7.48. The summed E-state index contributed by atoms with van der Waals surface area (Å²) < 4.78 is 9.85. The third-order valence-electron chi connectivity index (χ3n) is 4.70. The van der Waals surface area contributed by atoms with Gasteiger partial charge in [0.15, 0.2) is 0 Å². The number of benzene rings is 2. The van der Waals surface area contributed by atoms with Crippen LogP contribution in [-0.2, 0) is 14.3 Å². The largest absolute Gasteiger partial charge is 0.494 e. The Morgan fingerprint density at radius 2 is 1.45 bits per heavy atom. The number of nitrogens with one attached hydrogen (secondary N) is 3. The molecule has 0 saturated heterocycles. The van der Waals surface area contributed by atoms with E-state index in [2.05, 4.69) is 20.7 Å². The van der Waals surface area contributed by atoms with Crippen molar-refractivity contribution in [3.63, 3.8) is 0 Å². The SMILES string of the molecule is CCOc1ccc(C(=O)N[C@H](C(=O)Nc2ccc(C(=O)NCC(=O)OC)cc2)C(C)C)cc1. The van der Waals surface area contributed by atoms with Crippen molar-refractivity contribution in [2.45, 2.75) is 26.8 Å². The van der Waals surface area contributed by atoms with Crippen molar-refractivity contribution in [1.82, 2.24) is 10.6 Å². The zero-order valence-corrected chi connectivity index (χ0v) is 19.1. The summed E-state index contributed by atoms with van der Waals surface area (Å²) in [6.07, 6.45) is 0. The maximum atomic E-state index is 12.8. The Hall–Kier alpha value is -3.88. The van der Waals surface area contributed by atoms with E-state index in [4.69, 9.17) is 4.74 Å². The van der Waals surface area contributed by atoms with Crippen molar-refractivity contribution in [3.05, 3.63) is 59.7 Å². The number of rotatable bonds is 10. The van der Waals surface area contributed by atoms with Gasteiger partial charge in [0.25, 0.3) is 11.8 Å². The van der Waals surface area contributed by atoms with Crippen LogP contribution in [0, 0.1) is 5.92 Å². The van der Waals surface area contributed by atoms with Gasteiger partial charge >= 0.3 is 5.97 Å². The highest BCUT2D eigenvalue weighted by Crippen LogP contribution is 2.15. The molecular weight excluding hydrogens is 426 g/mol. The quantitative estimate of drug-likeness (QED) is 0.473. The van der Waals surface area contributed by atoms with Crippen LogP contribution in [0.3, 0.4) is 0 Å². The molecule has 0 aliphatic carbocycles. The standard InChI is InChI=1S/C24H29N3O6/c1-5-33-19-12-8-17(9-13-19)23(30)27-21(15(2)3)24(31)26-18-10-6-16(7-11-18)22(29)25-14-20(28)32-4/h6-13,15,21H,5,14H2,1-4H3,(H,25,29)(H,26,31)(H,27,30)/t21-/m0/s1. The molecule has 0 bridgehead atoms. The van der Waals surface area contributed by atoms with Crippen LogP contribution in [0.4, 0.5) is 5.69 Å². The molecule has 0 aromatic heterocycles. The number of ether oxygens (including phenoxy) is 2. The van der Waals surface area contributed by atoms with Crippen molar-refractivity contribution in [2.24, 2.45) is 5.92 Å². The number of hydrogen-bond donors (Lipinski definition) is 3. The van der Waals surface area contributed by atoms with E-state index >= 15 is 0 Å². The second-order valence-corrected chi connectivity index (χ2v) is 7.48. The van der Waals surface area contributed by atoms with E-state index in [0.717, 1.165) is 0 Å². The molecule has 0 fully saturated rings. The summed E-state index contributed by atoms with van der Waals surface area (Å²) in [5.74, 6) is -1.26. The molecule has 3 N–H and O–H groups in total. The molecule has 0 aliphatic heterocycles. The Labute approximate surface area is 192 Å². The average molecular weight is 456 g/mol. The summed E-state index contributed by atoms with van der Waals surface area (Å²) in [4.78, 5) is 48.6. The molecule has 9 nitrogen and oxygen atoms in total. The molecule has 2 aromatic rings. The fraction of sp³-hybridized carbons (Fsp3) is 0.333. The lowest BCUT2D eigenvalue weighted by Gasteiger charge is -2.22. The maximum Gasteiger partial charge on any atom is 0.325 e. The third kappa shape index (κ3) is 7.64. The summed E-state index contributed by atoms with van der Waals surface area (Å²) in [6.45, 7) is 5.83. The highest BCUT2D eigenvalue weighted by molar-refractivity contribution is 6.02. The number of anilines is 1. The van der Waals surface area contributed by atoms with Crippen molar-refractivity contribution < 1.29 is 28.7 Å². The zero-order valence-electron chi connectivity index (χ0n) is 19.1. The summed E-state index contributed by atoms with van der Waals surface area (Å²) in [7, 11) is 1.23. The number of amides is 3. The number of methoxy groups -OCH3 is 1. The normalized spacial score (nSPS) is 11.3. The predicted molar refractivity (Wildman–Crippen MR) is 123 cm³/mol. The van der Waals surface area contributed by atoms with Crippen LogP contribution in [0.5, 0.6) is 5.75 Å². The predicted octanol–water partition coefficient (Wildman–Crippen LogP) is 2.38. The molecule has 0 heterocycles. The van der Waals surface area contributed by atoms with Gasteiger partial charge in [-0.25, -0.2) is 0 Å². The molecule has 0 spiro atoms. The van der Waals surface area contributed by atoms with E-state index in [1.54, 1.807) is 36.4 Å². The van der Waals surface area contributed by atoms with Crippen LogP contribution in [-0.4, -0.2) is 50.0 Å². The molecule has 0 saturated carbocycles. The fourth-order valence-corrected chi connectivity index (χ4v) is 2.88. The van der Waals surface area contributed by atoms with Crippen LogP contribution < -0.4 is 20.7 Å². The zero-order chi connectivity index (χ0) is 24.4. The minimum Gasteiger partial charge on any atom is -0.494 e. The van der Waals surface area contributed by atoms with E-state index in [0.29, 0.717) is 29.2 Å². The lowest BCUT2D eigenvalue weighted by atomic mass is 10.0. The summed E-state index contributed by atoms with van der Waals surface area (Å²) in [5.41, 5.74) is 1.20. The Morgan fingerprint density at radius 3 is 2.00 bits per heavy atom. The summed E-state index contributed by atoms with van der Waals surface area (Å²) in [5, 5.41) is 7.95. The molecule has 176 valence electrons. The number of carbonyl (C=O) groups excluding carboxylic acids is 4. The second kappa shape index (κ2) is 12.2. The van der Waals surface area contributed by atoms with Crippen molar-refractivity contribution >= 4 is 29.4 Å².